The fraction of sp³-hybridized carbons (Fsp3) is 0.538. The number of nitrogens with zero attached hydrogens (tertiary/aromatic N) is 2. The third-order valence-electron chi connectivity index (χ3n) is 3.61. The standard InChI is InChI=1S/C13H18FN3O2/c1-16(11-3-2-7-15-8-6-11)12-5-4-10(14)9-13(12)17(18)19/h4-5,9,11,15H,2-3,6-8H2,1H3. The summed E-state index contributed by atoms with van der Waals surface area (Å²) >= 11 is 0. The van der Waals surface area contributed by atoms with Crippen LogP contribution >= 0.6 is 0 Å². The summed E-state index contributed by atoms with van der Waals surface area (Å²) in [6.45, 7) is 1.89. The van der Waals surface area contributed by atoms with Crippen LogP contribution in [-0.2, 0) is 0 Å². The van der Waals surface area contributed by atoms with Crippen LogP contribution in [-0.4, -0.2) is 31.1 Å². The van der Waals surface area contributed by atoms with Crippen LogP contribution in [0.5, 0.6) is 0 Å². The first-order valence-electron chi connectivity index (χ1n) is 6.47. The molecule has 0 aromatic heterocycles. The van der Waals surface area contributed by atoms with Crippen LogP contribution in [0.15, 0.2) is 18.2 Å². The molecule has 104 valence electrons. The van der Waals surface area contributed by atoms with E-state index in [0.717, 1.165) is 38.4 Å². The van der Waals surface area contributed by atoms with Crippen molar-refractivity contribution in [1.82, 2.24) is 5.32 Å². The first-order valence-corrected chi connectivity index (χ1v) is 6.47. The second-order valence-corrected chi connectivity index (χ2v) is 4.84. The van der Waals surface area contributed by atoms with Crippen molar-refractivity contribution >= 4 is 11.4 Å². The van der Waals surface area contributed by atoms with E-state index in [4.69, 9.17) is 0 Å². The molecule has 1 saturated heterocycles. The van der Waals surface area contributed by atoms with Gasteiger partial charge in [-0.3, -0.25) is 10.1 Å². The Morgan fingerprint density at radius 2 is 2.21 bits per heavy atom. The molecule has 1 atom stereocenters. The topological polar surface area (TPSA) is 58.4 Å². The summed E-state index contributed by atoms with van der Waals surface area (Å²) < 4.78 is 13.1. The zero-order valence-electron chi connectivity index (χ0n) is 10.9. The van der Waals surface area contributed by atoms with E-state index in [2.05, 4.69) is 5.32 Å². The summed E-state index contributed by atoms with van der Waals surface area (Å²) in [5, 5.41) is 14.3. The van der Waals surface area contributed by atoms with Gasteiger partial charge in [-0.2, -0.15) is 0 Å². The summed E-state index contributed by atoms with van der Waals surface area (Å²) in [5.41, 5.74) is 0.318. The Labute approximate surface area is 111 Å². The van der Waals surface area contributed by atoms with Gasteiger partial charge in [0.2, 0.25) is 0 Å². The van der Waals surface area contributed by atoms with E-state index in [1.54, 1.807) is 0 Å². The van der Waals surface area contributed by atoms with E-state index in [1.807, 2.05) is 11.9 Å². The first kappa shape index (κ1) is 13.7. The monoisotopic (exact) mass is 267 g/mol. The number of nitro benzene ring substituents is 1. The highest BCUT2D eigenvalue weighted by molar-refractivity contribution is 5.63. The average Bonchev–Trinajstić information content (AvgIpc) is 2.66. The lowest BCUT2D eigenvalue weighted by molar-refractivity contribution is -0.384. The zero-order valence-corrected chi connectivity index (χ0v) is 10.9. The predicted octanol–water partition coefficient (Wildman–Crippen LogP) is 2.31. The molecule has 0 bridgehead atoms. The number of hydrogen-bond acceptors (Lipinski definition) is 4. The van der Waals surface area contributed by atoms with E-state index >= 15 is 0 Å². The average molecular weight is 267 g/mol. The lowest BCUT2D eigenvalue weighted by Gasteiger charge is -2.28. The van der Waals surface area contributed by atoms with E-state index in [9.17, 15) is 14.5 Å². The van der Waals surface area contributed by atoms with Crippen LogP contribution in [0.1, 0.15) is 19.3 Å². The van der Waals surface area contributed by atoms with Gasteiger partial charge in [0.1, 0.15) is 11.5 Å². The molecule has 5 nitrogen and oxygen atoms in total. The molecule has 0 amide bonds. The number of hydrogen-bond donors (Lipinski definition) is 1. The first-order chi connectivity index (χ1) is 9.09. The molecule has 6 heteroatoms. The molecule has 1 unspecified atom stereocenters. The molecule has 19 heavy (non-hydrogen) atoms. The SMILES string of the molecule is CN(c1ccc(F)cc1[N+](=O)[O-])C1CCCNCC1. The zero-order chi connectivity index (χ0) is 13.8. The van der Waals surface area contributed by atoms with E-state index < -0.39 is 10.7 Å². The molecule has 1 heterocycles. The van der Waals surface area contributed by atoms with Gasteiger partial charge in [0.05, 0.1) is 11.0 Å². The van der Waals surface area contributed by atoms with Crippen molar-refractivity contribution in [2.24, 2.45) is 0 Å². The number of nitrogens with one attached hydrogen (secondary N) is 1. The van der Waals surface area contributed by atoms with Crippen LogP contribution in [0.3, 0.4) is 0 Å². The molecule has 1 N–H and O–H groups in total. The Kier molecular flexibility index (Phi) is 4.31. The Balaban J connectivity index is 2.26. The molecule has 2 rings (SSSR count). The van der Waals surface area contributed by atoms with E-state index in [0.29, 0.717) is 5.69 Å². The molecule has 0 spiro atoms. The van der Waals surface area contributed by atoms with Crippen molar-refractivity contribution in [2.75, 3.05) is 25.0 Å². The van der Waals surface area contributed by atoms with Crippen LogP contribution in [0, 0.1) is 15.9 Å². The summed E-state index contributed by atoms with van der Waals surface area (Å²) in [5.74, 6) is -0.577. The predicted molar refractivity (Wildman–Crippen MR) is 72.0 cm³/mol. The van der Waals surface area contributed by atoms with Gasteiger partial charge < -0.3 is 10.2 Å². The Morgan fingerprint density at radius 1 is 1.42 bits per heavy atom. The van der Waals surface area contributed by atoms with Crippen LogP contribution < -0.4 is 10.2 Å². The Hall–Kier alpha value is -1.69. The van der Waals surface area contributed by atoms with Crippen LogP contribution in [0.25, 0.3) is 0 Å². The summed E-state index contributed by atoms with van der Waals surface area (Å²) in [6.07, 6.45) is 2.97. The second kappa shape index (κ2) is 5.97. The van der Waals surface area contributed by atoms with Gasteiger partial charge in [0.15, 0.2) is 0 Å². The van der Waals surface area contributed by atoms with Gasteiger partial charge >= 0.3 is 0 Å². The number of benzene rings is 1. The fourth-order valence-corrected chi connectivity index (χ4v) is 2.53. The molecule has 1 aromatic rings. The minimum atomic E-state index is -0.577. The van der Waals surface area contributed by atoms with Gasteiger partial charge in [-0.25, -0.2) is 4.39 Å². The highest BCUT2D eigenvalue weighted by Gasteiger charge is 2.24. The molecule has 1 aliphatic rings. The number of nitro groups is 1. The third kappa shape index (κ3) is 3.20. The normalized spacial score (nSPS) is 19.8. The molecular weight excluding hydrogens is 249 g/mol. The maximum atomic E-state index is 13.1. The van der Waals surface area contributed by atoms with Crippen molar-refractivity contribution in [3.8, 4) is 0 Å². The molecular formula is C13H18FN3O2. The lowest BCUT2D eigenvalue weighted by Crippen LogP contribution is -2.32. The fourth-order valence-electron chi connectivity index (χ4n) is 2.53. The third-order valence-corrected chi connectivity index (χ3v) is 3.61. The highest BCUT2D eigenvalue weighted by atomic mass is 19.1. The minimum absolute atomic E-state index is 0.167. The van der Waals surface area contributed by atoms with Gasteiger partial charge in [-0.05, 0) is 44.5 Å². The van der Waals surface area contributed by atoms with Crippen molar-refractivity contribution in [3.63, 3.8) is 0 Å². The van der Waals surface area contributed by atoms with Gasteiger partial charge in [-0.15, -0.1) is 0 Å². The van der Waals surface area contributed by atoms with Gasteiger partial charge in [0, 0.05) is 13.1 Å². The van der Waals surface area contributed by atoms with Crippen molar-refractivity contribution < 1.29 is 9.31 Å². The highest BCUT2D eigenvalue weighted by Crippen LogP contribution is 2.31. The van der Waals surface area contributed by atoms with Crippen LogP contribution in [0.2, 0.25) is 0 Å². The quantitative estimate of drug-likeness (QED) is 0.674. The maximum Gasteiger partial charge on any atom is 0.295 e. The second-order valence-electron chi connectivity index (χ2n) is 4.84. The summed E-state index contributed by atoms with van der Waals surface area (Å²) in [7, 11) is 1.84. The van der Waals surface area contributed by atoms with Crippen molar-refractivity contribution in [1.29, 1.82) is 0 Å². The summed E-state index contributed by atoms with van der Waals surface area (Å²) in [6, 6.07) is 4.00. The molecule has 0 saturated carbocycles. The smallest absolute Gasteiger partial charge is 0.295 e. The number of anilines is 1. The largest absolute Gasteiger partial charge is 0.366 e. The molecule has 0 radical (unpaired) electrons. The number of rotatable bonds is 3. The Bertz CT molecular complexity index is 459. The van der Waals surface area contributed by atoms with Crippen LogP contribution in [0.4, 0.5) is 15.8 Å². The molecule has 1 fully saturated rings. The summed E-state index contributed by atoms with van der Waals surface area (Å²) in [4.78, 5) is 12.4. The maximum absolute atomic E-state index is 13.1. The number of halogens is 1. The van der Waals surface area contributed by atoms with E-state index in [-0.39, 0.29) is 11.7 Å². The molecule has 1 aliphatic heterocycles. The van der Waals surface area contributed by atoms with Gasteiger partial charge in [0.25, 0.3) is 5.69 Å². The lowest BCUT2D eigenvalue weighted by atomic mass is 10.1. The van der Waals surface area contributed by atoms with Crippen molar-refractivity contribution in [3.05, 3.63) is 34.1 Å². The Morgan fingerprint density at radius 3 is 2.95 bits per heavy atom. The van der Waals surface area contributed by atoms with E-state index in [1.165, 1.54) is 12.1 Å². The van der Waals surface area contributed by atoms with Crippen molar-refractivity contribution in [2.45, 2.75) is 25.3 Å². The molecule has 1 aromatic carbocycles. The van der Waals surface area contributed by atoms with Gasteiger partial charge in [-0.1, -0.05) is 0 Å². The minimum Gasteiger partial charge on any atom is -0.366 e. The molecule has 0 aliphatic carbocycles.